The van der Waals surface area contributed by atoms with Crippen LogP contribution >= 0.6 is 27.5 Å². The number of nitrogens with two attached hydrogens (primary N) is 1. The third-order valence-electron chi connectivity index (χ3n) is 2.09. The predicted molar refractivity (Wildman–Crippen MR) is 71.0 cm³/mol. The molecule has 88 valence electrons. The summed E-state index contributed by atoms with van der Waals surface area (Å²) in [6.45, 7) is 0. The normalized spacial score (nSPS) is 10.3. The van der Waals surface area contributed by atoms with E-state index in [-0.39, 0.29) is 5.02 Å². The molecule has 0 radical (unpaired) electrons. The van der Waals surface area contributed by atoms with Crippen molar-refractivity contribution in [3.8, 4) is 0 Å². The molecule has 0 saturated carbocycles. The average molecular weight is 317 g/mol. The molecule has 2 aromatic rings. The Kier molecular flexibility index (Phi) is 3.49. The number of hydrogen-bond acceptors (Lipinski definition) is 3. The van der Waals surface area contributed by atoms with Gasteiger partial charge in [-0.05, 0) is 40.2 Å². The number of benzene rings is 1. The van der Waals surface area contributed by atoms with E-state index in [1.807, 2.05) is 0 Å². The molecular weight excluding hydrogens is 308 g/mol. The van der Waals surface area contributed by atoms with Gasteiger partial charge in [0.1, 0.15) is 5.82 Å². The van der Waals surface area contributed by atoms with Crippen molar-refractivity contribution in [3.63, 3.8) is 0 Å². The maximum Gasteiger partial charge on any atom is 0.153 e. The highest BCUT2D eigenvalue weighted by molar-refractivity contribution is 9.10. The molecule has 1 aromatic heterocycles. The Morgan fingerprint density at radius 1 is 1.41 bits per heavy atom. The topological polar surface area (TPSA) is 50.9 Å². The zero-order valence-corrected chi connectivity index (χ0v) is 10.9. The molecule has 0 unspecified atom stereocenters. The van der Waals surface area contributed by atoms with Crippen LogP contribution in [-0.4, -0.2) is 4.98 Å². The Labute approximate surface area is 111 Å². The Bertz CT molecular complexity index is 539. The molecule has 0 aliphatic rings. The summed E-state index contributed by atoms with van der Waals surface area (Å²) in [6, 6.07) is 5.96. The molecule has 0 amide bonds. The molecule has 0 aliphatic carbocycles. The second kappa shape index (κ2) is 4.89. The molecule has 2 rings (SSSR count). The quantitative estimate of drug-likeness (QED) is 0.881. The highest BCUT2D eigenvalue weighted by Gasteiger charge is 2.10. The van der Waals surface area contributed by atoms with Gasteiger partial charge in [-0.1, -0.05) is 11.6 Å². The summed E-state index contributed by atoms with van der Waals surface area (Å²) >= 11 is 9.16. The lowest BCUT2D eigenvalue weighted by atomic mass is 10.3. The molecule has 3 N–H and O–H groups in total. The fourth-order valence-electron chi connectivity index (χ4n) is 1.30. The van der Waals surface area contributed by atoms with Gasteiger partial charge in [0.25, 0.3) is 0 Å². The second-order valence-electron chi connectivity index (χ2n) is 3.31. The molecule has 6 heteroatoms. The first-order valence-corrected chi connectivity index (χ1v) is 5.87. The number of anilines is 3. The molecule has 1 aromatic carbocycles. The minimum absolute atomic E-state index is 0.252. The van der Waals surface area contributed by atoms with E-state index in [4.69, 9.17) is 17.3 Å². The average Bonchev–Trinajstić information content (AvgIpc) is 2.25. The summed E-state index contributed by atoms with van der Waals surface area (Å²) in [4.78, 5) is 4.07. The Balaban J connectivity index is 2.40. The van der Waals surface area contributed by atoms with Gasteiger partial charge >= 0.3 is 0 Å². The van der Waals surface area contributed by atoms with E-state index in [0.29, 0.717) is 21.7 Å². The van der Waals surface area contributed by atoms with Crippen molar-refractivity contribution in [1.29, 1.82) is 0 Å². The lowest BCUT2D eigenvalue weighted by molar-refractivity contribution is 0.627. The summed E-state index contributed by atoms with van der Waals surface area (Å²) in [5, 5.41) is 3.21. The second-order valence-corrected chi connectivity index (χ2v) is 4.57. The van der Waals surface area contributed by atoms with E-state index in [1.54, 1.807) is 18.3 Å². The predicted octanol–water partition coefficient (Wildman–Crippen LogP) is 3.96. The number of halogens is 3. The largest absolute Gasteiger partial charge is 0.396 e. The first kappa shape index (κ1) is 12.1. The van der Waals surface area contributed by atoms with Crippen LogP contribution in [0.25, 0.3) is 0 Å². The number of nitrogens with zero attached hydrogens (tertiary/aromatic N) is 1. The Hall–Kier alpha value is -1.33. The van der Waals surface area contributed by atoms with E-state index in [9.17, 15) is 4.39 Å². The molecule has 0 fully saturated rings. The zero-order valence-electron chi connectivity index (χ0n) is 8.55. The fraction of sp³-hybridized carbons (Fsp3) is 0. The summed E-state index contributed by atoms with van der Waals surface area (Å²) in [7, 11) is 0. The van der Waals surface area contributed by atoms with Crippen LogP contribution in [0.2, 0.25) is 5.02 Å². The van der Waals surface area contributed by atoms with Gasteiger partial charge in [0, 0.05) is 10.7 Å². The highest BCUT2D eigenvalue weighted by Crippen LogP contribution is 2.34. The lowest BCUT2D eigenvalue weighted by Gasteiger charge is -2.11. The molecule has 0 spiro atoms. The van der Waals surface area contributed by atoms with Gasteiger partial charge in [0.05, 0.1) is 16.4 Å². The molecule has 3 nitrogen and oxygen atoms in total. The van der Waals surface area contributed by atoms with Crippen LogP contribution in [-0.2, 0) is 0 Å². The maximum absolute atomic E-state index is 13.0. The number of hydrogen-bond donors (Lipinski definition) is 2. The third kappa shape index (κ3) is 2.68. The molecule has 0 bridgehead atoms. The van der Waals surface area contributed by atoms with Crippen LogP contribution in [0.1, 0.15) is 0 Å². The van der Waals surface area contributed by atoms with E-state index in [2.05, 4.69) is 26.2 Å². The molecule has 0 saturated heterocycles. The summed E-state index contributed by atoms with van der Waals surface area (Å²) in [5.74, 6) is 0.0584. The van der Waals surface area contributed by atoms with Gasteiger partial charge in [-0.15, -0.1) is 0 Å². The van der Waals surface area contributed by atoms with E-state index >= 15 is 0 Å². The van der Waals surface area contributed by atoms with Gasteiger partial charge in [-0.3, -0.25) is 0 Å². The molecule has 1 heterocycles. The van der Waals surface area contributed by atoms with Crippen LogP contribution in [0.15, 0.2) is 34.9 Å². The highest BCUT2D eigenvalue weighted by atomic mass is 79.9. The van der Waals surface area contributed by atoms with E-state index in [1.165, 1.54) is 12.1 Å². The maximum atomic E-state index is 13.0. The zero-order chi connectivity index (χ0) is 12.4. The number of nitrogens with one attached hydrogen (secondary N) is 1. The van der Waals surface area contributed by atoms with Gasteiger partial charge in [0.2, 0.25) is 0 Å². The van der Waals surface area contributed by atoms with Gasteiger partial charge in [-0.2, -0.15) is 0 Å². The first-order valence-electron chi connectivity index (χ1n) is 4.70. The number of nitrogen functional groups attached to an aromatic ring is 1. The molecular formula is C11H8BrClFN3. The Morgan fingerprint density at radius 3 is 2.82 bits per heavy atom. The van der Waals surface area contributed by atoms with Crippen LogP contribution < -0.4 is 11.1 Å². The summed E-state index contributed by atoms with van der Waals surface area (Å²) < 4.78 is 13.6. The standard InChI is InChI=1S/C11H8BrClFN3/c12-7-4-6(14)5-8(13)10(7)17-11-9(15)2-1-3-16-11/h1-5H,15H2,(H,16,17). The summed E-state index contributed by atoms with van der Waals surface area (Å²) in [5.41, 5.74) is 6.75. The van der Waals surface area contributed by atoms with Crippen molar-refractivity contribution in [2.75, 3.05) is 11.1 Å². The van der Waals surface area contributed by atoms with Crippen LogP contribution in [0.5, 0.6) is 0 Å². The van der Waals surface area contributed by atoms with Crippen molar-refractivity contribution in [2.45, 2.75) is 0 Å². The van der Waals surface area contributed by atoms with Gasteiger partial charge in [0.15, 0.2) is 5.82 Å². The lowest BCUT2D eigenvalue weighted by Crippen LogP contribution is -2.00. The number of rotatable bonds is 2. The van der Waals surface area contributed by atoms with Crippen molar-refractivity contribution < 1.29 is 4.39 Å². The summed E-state index contributed by atoms with van der Waals surface area (Å²) in [6.07, 6.45) is 1.60. The minimum atomic E-state index is -0.415. The van der Waals surface area contributed by atoms with Crippen molar-refractivity contribution in [3.05, 3.63) is 45.8 Å². The van der Waals surface area contributed by atoms with Crippen molar-refractivity contribution in [1.82, 2.24) is 4.98 Å². The fourth-order valence-corrected chi connectivity index (χ4v) is 2.20. The third-order valence-corrected chi connectivity index (χ3v) is 3.01. The first-order chi connectivity index (χ1) is 8.08. The monoisotopic (exact) mass is 315 g/mol. The number of aromatic nitrogens is 1. The van der Waals surface area contributed by atoms with Crippen molar-refractivity contribution >= 4 is 44.7 Å². The minimum Gasteiger partial charge on any atom is -0.396 e. The van der Waals surface area contributed by atoms with Crippen LogP contribution in [0, 0.1) is 5.82 Å². The molecule has 17 heavy (non-hydrogen) atoms. The Morgan fingerprint density at radius 2 is 2.18 bits per heavy atom. The molecule has 0 aliphatic heterocycles. The van der Waals surface area contributed by atoms with E-state index < -0.39 is 5.82 Å². The van der Waals surface area contributed by atoms with Crippen LogP contribution in [0.4, 0.5) is 21.6 Å². The number of pyridine rings is 1. The smallest absolute Gasteiger partial charge is 0.153 e. The van der Waals surface area contributed by atoms with Gasteiger partial charge in [-0.25, -0.2) is 9.37 Å². The van der Waals surface area contributed by atoms with Crippen molar-refractivity contribution in [2.24, 2.45) is 0 Å². The van der Waals surface area contributed by atoms with Gasteiger partial charge < -0.3 is 11.1 Å². The van der Waals surface area contributed by atoms with E-state index in [0.717, 1.165) is 0 Å². The SMILES string of the molecule is Nc1cccnc1Nc1c(Cl)cc(F)cc1Br. The molecule has 0 atom stereocenters. The van der Waals surface area contributed by atoms with Crippen LogP contribution in [0.3, 0.4) is 0 Å².